The second-order valence-corrected chi connectivity index (χ2v) is 7.50. The standard InChI is InChI=1S/C12H25N3O2S/c1-3-4-8-14(2)18(16,17)15-9-7-11-5-6-12(10-15)13-11/h11-13H,3-10H2,1-2H3. The Hall–Kier alpha value is -0.170. The van der Waals surface area contributed by atoms with Gasteiger partial charge in [-0.25, -0.2) is 0 Å². The van der Waals surface area contributed by atoms with Gasteiger partial charge in [0.2, 0.25) is 0 Å². The Morgan fingerprint density at radius 1 is 1.28 bits per heavy atom. The molecule has 0 aliphatic carbocycles. The SMILES string of the molecule is CCCCN(C)S(=O)(=O)N1CCC2CCC(C1)N2. The molecule has 18 heavy (non-hydrogen) atoms. The summed E-state index contributed by atoms with van der Waals surface area (Å²) in [7, 11) is -1.56. The highest BCUT2D eigenvalue weighted by Gasteiger charge is 2.35. The predicted octanol–water partition coefficient (Wildman–Crippen LogP) is 0.789. The van der Waals surface area contributed by atoms with Gasteiger partial charge in [0, 0.05) is 38.8 Å². The molecule has 2 aliphatic heterocycles. The lowest BCUT2D eigenvalue weighted by molar-refractivity contribution is 0.340. The zero-order valence-electron chi connectivity index (χ0n) is 11.4. The summed E-state index contributed by atoms with van der Waals surface area (Å²) in [5, 5.41) is 3.51. The molecule has 0 aromatic rings. The van der Waals surface area contributed by atoms with Crippen molar-refractivity contribution in [2.24, 2.45) is 0 Å². The van der Waals surface area contributed by atoms with E-state index in [0.717, 1.165) is 25.7 Å². The molecule has 0 saturated carbocycles. The molecule has 0 aromatic heterocycles. The first-order valence-electron chi connectivity index (χ1n) is 7.01. The average Bonchev–Trinajstić information content (AvgIpc) is 2.65. The summed E-state index contributed by atoms with van der Waals surface area (Å²) in [6, 6.07) is 0.878. The van der Waals surface area contributed by atoms with Crippen molar-refractivity contribution in [2.75, 3.05) is 26.7 Å². The number of rotatable bonds is 5. The lowest BCUT2D eigenvalue weighted by atomic mass is 10.1. The Kier molecular flexibility index (Phi) is 4.64. The molecule has 2 fully saturated rings. The van der Waals surface area contributed by atoms with Gasteiger partial charge in [0.15, 0.2) is 0 Å². The van der Waals surface area contributed by atoms with Crippen molar-refractivity contribution in [3.05, 3.63) is 0 Å². The Balaban J connectivity index is 2.00. The summed E-state index contributed by atoms with van der Waals surface area (Å²) in [4.78, 5) is 0. The second-order valence-electron chi connectivity index (χ2n) is 5.47. The monoisotopic (exact) mass is 275 g/mol. The molecule has 0 radical (unpaired) electrons. The van der Waals surface area contributed by atoms with E-state index in [1.807, 2.05) is 0 Å². The summed E-state index contributed by atoms with van der Waals surface area (Å²) in [6.45, 7) is 3.99. The first-order valence-corrected chi connectivity index (χ1v) is 8.41. The summed E-state index contributed by atoms with van der Waals surface area (Å²) in [5.74, 6) is 0. The molecule has 0 amide bonds. The average molecular weight is 275 g/mol. The van der Waals surface area contributed by atoms with Crippen LogP contribution in [0.1, 0.15) is 39.0 Å². The van der Waals surface area contributed by atoms with Crippen LogP contribution in [0, 0.1) is 0 Å². The molecule has 2 heterocycles. The lowest BCUT2D eigenvalue weighted by Crippen LogP contribution is -2.46. The van der Waals surface area contributed by atoms with Gasteiger partial charge in [-0.2, -0.15) is 17.0 Å². The predicted molar refractivity (Wildman–Crippen MR) is 72.6 cm³/mol. The van der Waals surface area contributed by atoms with Crippen LogP contribution in [0.25, 0.3) is 0 Å². The molecule has 2 bridgehead atoms. The van der Waals surface area contributed by atoms with E-state index in [-0.39, 0.29) is 0 Å². The minimum absolute atomic E-state index is 0.354. The molecule has 106 valence electrons. The minimum atomic E-state index is -3.25. The molecule has 1 N–H and O–H groups in total. The smallest absolute Gasteiger partial charge is 0.281 e. The quantitative estimate of drug-likeness (QED) is 0.807. The van der Waals surface area contributed by atoms with Crippen molar-refractivity contribution >= 4 is 10.2 Å². The van der Waals surface area contributed by atoms with Crippen LogP contribution in [-0.4, -0.2) is 55.8 Å². The maximum atomic E-state index is 12.4. The van der Waals surface area contributed by atoms with E-state index in [1.165, 1.54) is 10.7 Å². The van der Waals surface area contributed by atoms with Gasteiger partial charge in [-0.15, -0.1) is 0 Å². The van der Waals surface area contributed by atoms with Crippen LogP contribution in [-0.2, 0) is 10.2 Å². The molecule has 2 atom stereocenters. The lowest BCUT2D eigenvalue weighted by Gasteiger charge is -2.28. The van der Waals surface area contributed by atoms with Crippen LogP contribution in [0.2, 0.25) is 0 Å². The van der Waals surface area contributed by atoms with Crippen LogP contribution in [0.5, 0.6) is 0 Å². The van der Waals surface area contributed by atoms with Crippen LogP contribution >= 0.6 is 0 Å². The van der Waals surface area contributed by atoms with Gasteiger partial charge in [-0.05, 0) is 25.7 Å². The van der Waals surface area contributed by atoms with Crippen molar-refractivity contribution in [2.45, 2.75) is 51.1 Å². The van der Waals surface area contributed by atoms with Crippen LogP contribution in [0.15, 0.2) is 0 Å². The molecule has 6 heteroatoms. The highest BCUT2D eigenvalue weighted by molar-refractivity contribution is 7.86. The first kappa shape index (κ1) is 14.2. The van der Waals surface area contributed by atoms with Crippen molar-refractivity contribution in [1.82, 2.24) is 13.9 Å². The summed E-state index contributed by atoms with van der Waals surface area (Å²) < 4.78 is 28.1. The molecule has 2 aliphatic rings. The number of hydrogen-bond acceptors (Lipinski definition) is 3. The van der Waals surface area contributed by atoms with Gasteiger partial charge in [0.1, 0.15) is 0 Å². The van der Waals surface area contributed by atoms with E-state index in [1.54, 1.807) is 11.4 Å². The second kappa shape index (κ2) is 5.86. The van der Waals surface area contributed by atoms with Crippen LogP contribution in [0.4, 0.5) is 0 Å². The number of hydrogen-bond donors (Lipinski definition) is 1. The molecule has 0 aromatic carbocycles. The largest absolute Gasteiger partial charge is 0.310 e. The highest BCUT2D eigenvalue weighted by Crippen LogP contribution is 2.22. The van der Waals surface area contributed by atoms with Crippen molar-refractivity contribution in [3.8, 4) is 0 Å². The molecule has 2 rings (SSSR count). The number of nitrogens with one attached hydrogen (secondary N) is 1. The van der Waals surface area contributed by atoms with Crippen LogP contribution < -0.4 is 5.32 Å². The first-order chi connectivity index (χ1) is 8.54. The van der Waals surface area contributed by atoms with E-state index >= 15 is 0 Å². The zero-order valence-corrected chi connectivity index (χ0v) is 12.2. The fraction of sp³-hybridized carbons (Fsp3) is 1.00. The number of unbranched alkanes of at least 4 members (excludes halogenated alkanes) is 1. The third-order valence-corrected chi connectivity index (χ3v) is 5.99. The van der Waals surface area contributed by atoms with Crippen molar-refractivity contribution in [3.63, 3.8) is 0 Å². The Morgan fingerprint density at radius 3 is 2.72 bits per heavy atom. The zero-order chi connectivity index (χ0) is 13.2. The maximum Gasteiger partial charge on any atom is 0.281 e. The van der Waals surface area contributed by atoms with Gasteiger partial charge in [0.05, 0.1) is 0 Å². The minimum Gasteiger partial charge on any atom is -0.310 e. The van der Waals surface area contributed by atoms with Gasteiger partial charge in [0.25, 0.3) is 10.2 Å². The van der Waals surface area contributed by atoms with Gasteiger partial charge in [-0.3, -0.25) is 0 Å². The summed E-state index contributed by atoms with van der Waals surface area (Å²) in [5.41, 5.74) is 0. The molecule has 5 nitrogen and oxygen atoms in total. The molecule has 2 saturated heterocycles. The summed E-state index contributed by atoms with van der Waals surface area (Å²) >= 11 is 0. The molecular formula is C12H25N3O2S. The fourth-order valence-electron chi connectivity index (χ4n) is 2.81. The van der Waals surface area contributed by atoms with E-state index in [9.17, 15) is 8.42 Å². The highest BCUT2D eigenvalue weighted by atomic mass is 32.2. The van der Waals surface area contributed by atoms with E-state index < -0.39 is 10.2 Å². The maximum absolute atomic E-state index is 12.4. The van der Waals surface area contributed by atoms with E-state index in [4.69, 9.17) is 0 Å². The van der Waals surface area contributed by atoms with Crippen molar-refractivity contribution < 1.29 is 8.42 Å². The fourth-order valence-corrected chi connectivity index (χ4v) is 4.27. The summed E-state index contributed by atoms with van der Waals surface area (Å²) in [6.07, 6.45) is 5.19. The molecule has 0 spiro atoms. The Morgan fingerprint density at radius 2 is 2.00 bits per heavy atom. The normalized spacial score (nSPS) is 29.7. The van der Waals surface area contributed by atoms with Gasteiger partial charge < -0.3 is 5.32 Å². The number of nitrogens with zero attached hydrogens (tertiary/aromatic N) is 2. The third-order valence-electron chi connectivity index (χ3n) is 4.03. The van der Waals surface area contributed by atoms with E-state index in [2.05, 4.69) is 12.2 Å². The van der Waals surface area contributed by atoms with Crippen LogP contribution in [0.3, 0.4) is 0 Å². The third kappa shape index (κ3) is 3.04. The Labute approximate surface area is 111 Å². The Bertz CT molecular complexity index is 372. The molecule has 2 unspecified atom stereocenters. The van der Waals surface area contributed by atoms with E-state index in [0.29, 0.717) is 31.7 Å². The van der Waals surface area contributed by atoms with Gasteiger partial charge in [-0.1, -0.05) is 13.3 Å². The van der Waals surface area contributed by atoms with Gasteiger partial charge >= 0.3 is 0 Å². The van der Waals surface area contributed by atoms with Crippen molar-refractivity contribution in [1.29, 1.82) is 0 Å². The topological polar surface area (TPSA) is 52.7 Å². The molecular weight excluding hydrogens is 250 g/mol. The number of fused-ring (bicyclic) bond motifs is 2.